The Morgan fingerprint density at radius 1 is 0.800 bits per heavy atom. The molecule has 0 aliphatic carbocycles. The molecular weight excluding hydrogens is 396 g/mol. The van der Waals surface area contributed by atoms with E-state index in [4.69, 9.17) is 0 Å². The zero-order chi connectivity index (χ0) is 12.3. The second-order valence-electron chi connectivity index (χ2n) is 6.19. The van der Waals surface area contributed by atoms with Crippen molar-refractivity contribution in [1.29, 1.82) is 0 Å². The van der Waals surface area contributed by atoms with E-state index in [0.717, 1.165) is 7.87 Å². The van der Waals surface area contributed by atoms with Crippen LogP contribution in [-0.2, 0) is 0 Å². The molecule has 0 aliphatic rings. The van der Waals surface area contributed by atoms with Crippen LogP contribution in [0, 0.1) is 0 Å². The summed E-state index contributed by atoms with van der Waals surface area (Å²) in [6.45, 7) is 9.61. The van der Waals surface area contributed by atoms with E-state index in [2.05, 4.69) is 49.2 Å². The van der Waals surface area contributed by atoms with Gasteiger partial charge in [0.15, 0.2) is 0 Å². The van der Waals surface area contributed by atoms with Gasteiger partial charge in [0.2, 0.25) is 0 Å². The average molecular weight is 427 g/mol. The summed E-state index contributed by atoms with van der Waals surface area (Å²) < 4.78 is 6.20. The van der Waals surface area contributed by atoms with Crippen molar-refractivity contribution in [2.75, 3.05) is 0 Å². The fraction of sp³-hybridized carbons (Fsp3) is 1.00. The Hall–Kier alpha value is 1.56. The van der Waals surface area contributed by atoms with Crippen LogP contribution in [0.1, 0.15) is 40.5 Å². The standard InChI is InChI=1S/2C4H9.4CH3.HN.2Sn/c2*1-3-4-2;;;;;;;/h2*3H,4H2,1-2H3;4*1H3;1H;;. The summed E-state index contributed by atoms with van der Waals surface area (Å²) in [5.74, 6) is 0. The first kappa shape index (κ1) is 16.6. The number of rotatable bonds is 6. The van der Waals surface area contributed by atoms with Crippen molar-refractivity contribution in [3.63, 3.8) is 0 Å². The number of hydrogen-bond donors (Lipinski definition) is 1. The van der Waals surface area contributed by atoms with E-state index in [-0.39, 0.29) is 0 Å². The maximum absolute atomic E-state index is 4.25. The molecule has 15 heavy (non-hydrogen) atoms. The molecule has 0 heterocycles. The molecule has 0 bridgehead atoms. The fourth-order valence-electron chi connectivity index (χ4n) is 2.10. The molecule has 0 rings (SSSR count). The number of hydrogen-bond acceptors (Lipinski definition) is 1. The summed E-state index contributed by atoms with van der Waals surface area (Å²) in [5, 5.41) is 0. The van der Waals surface area contributed by atoms with Crippen molar-refractivity contribution in [3.05, 3.63) is 0 Å². The van der Waals surface area contributed by atoms with Crippen LogP contribution in [0.5, 0.6) is 0 Å². The number of nitrogens with one attached hydrogen (secondary N) is 1. The average Bonchev–Trinajstić information content (AvgIpc) is 2.13. The zero-order valence-corrected chi connectivity index (χ0v) is 17.8. The van der Waals surface area contributed by atoms with Crippen LogP contribution in [0.4, 0.5) is 0 Å². The third-order valence-corrected chi connectivity index (χ3v) is 49.1. The summed E-state index contributed by atoms with van der Waals surface area (Å²) in [5.41, 5.74) is 0. The SMILES string of the molecule is CC[CH](C)[Sn]([CH3])([CH3])[NH][Sn]([CH3])([CH3])[CH](C)CC. The summed E-state index contributed by atoms with van der Waals surface area (Å²) in [6.07, 6.45) is 2.72. The first-order chi connectivity index (χ1) is 6.67. The summed E-state index contributed by atoms with van der Waals surface area (Å²) in [4.78, 5) is 10.3. The molecule has 2 unspecified atom stereocenters. The van der Waals surface area contributed by atoms with Crippen molar-refractivity contribution in [1.82, 2.24) is 1.76 Å². The van der Waals surface area contributed by atoms with E-state index in [0.29, 0.717) is 0 Å². The topological polar surface area (TPSA) is 12.0 Å². The van der Waals surface area contributed by atoms with Gasteiger partial charge in [0, 0.05) is 0 Å². The molecule has 0 spiro atoms. The third kappa shape index (κ3) is 5.15. The minimum absolute atomic E-state index is 0.972. The van der Waals surface area contributed by atoms with Gasteiger partial charge in [0.1, 0.15) is 0 Å². The quantitative estimate of drug-likeness (QED) is 0.613. The Kier molecular flexibility index (Phi) is 7.15. The Morgan fingerprint density at radius 3 is 1.27 bits per heavy atom. The molecule has 0 fully saturated rings. The fourth-order valence-corrected chi connectivity index (χ4v) is 55.3. The van der Waals surface area contributed by atoms with Gasteiger partial charge in [-0.25, -0.2) is 0 Å². The molecule has 1 N–H and O–H groups in total. The second kappa shape index (κ2) is 6.48. The van der Waals surface area contributed by atoms with Crippen molar-refractivity contribution in [3.8, 4) is 0 Å². The monoisotopic (exact) mass is 429 g/mol. The van der Waals surface area contributed by atoms with Gasteiger partial charge in [0.05, 0.1) is 0 Å². The second-order valence-corrected chi connectivity index (χ2v) is 37.0. The zero-order valence-electron chi connectivity index (χ0n) is 12.1. The molecule has 0 saturated carbocycles. The van der Waals surface area contributed by atoms with Crippen LogP contribution >= 0.6 is 0 Å². The molecule has 92 valence electrons. The van der Waals surface area contributed by atoms with Gasteiger partial charge in [-0.1, -0.05) is 0 Å². The van der Waals surface area contributed by atoms with Gasteiger partial charge in [-0.05, 0) is 0 Å². The molecule has 0 saturated heterocycles. The summed E-state index contributed by atoms with van der Waals surface area (Å²) in [6, 6.07) is 0. The van der Waals surface area contributed by atoms with Gasteiger partial charge in [0.25, 0.3) is 0 Å². The molecule has 0 aromatic rings. The molecule has 0 radical (unpaired) electrons. The molecular formula is C12H31NSn2. The molecule has 2 atom stereocenters. The van der Waals surface area contributed by atoms with E-state index in [1.165, 1.54) is 12.8 Å². The Bertz CT molecular complexity index is 170. The molecule has 0 aliphatic heterocycles. The van der Waals surface area contributed by atoms with Gasteiger partial charge in [-0.15, -0.1) is 0 Å². The van der Waals surface area contributed by atoms with E-state index in [1.807, 2.05) is 0 Å². The van der Waals surface area contributed by atoms with Crippen LogP contribution in [0.3, 0.4) is 0 Å². The van der Waals surface area contributed by atoms with Crippen LogP contribution in [-0.4, -0.2) is 37.3 Å². The normalized spacial score (nSPS) is 17.6. The third-order valence-electron chi connectivity index (χ3n) is 4.33. The molecule has 0 aromatic heterocycles. The van der Waals surface area contributed by atoms with Gasteiger partial charge in [-0.2, -0.15) is 0 Å². The molecule has 0 amide bonds. The Labute approximate surface area is 106 Å². The molecule has 0 aromatic carbocycles. The Balaban J connectivity index is 4.56. The van der Waals surface area contributed by atoms with Crippen molar-refractivity contribution >= 4 is 37.3 Å². The van der Waals surface area contributed by atoms with E-state index in [1.54, 1.807) is 0 Å². The van der Waals surface area contributed by atoms with E-state index < -0.39 is 37.3 Å². The van der Waals surface area contributed by atoms with Crippen molar-refractivity contribution in [2.24, 2.45) is 0 Å². The van der Waals surface area contributed by atoms with Crippen LogP contribution in [0.2, 0.25) is 27.6 Å². The molecule has 3 heteroatoms. The van der Waals surface area contributed by atoms with Crippen LogP contribution in [0.25, 0.3) is 0 Å². The minimum atomic E-state index is -1.94. The van der Waals surface area contributed by atoms with Crippen LogP contribution < -0.4 is 1.76 Å². The summed E-state index contributed by atoms with van der Waals surface area (Å²) in [7, 11) is 0. The van der Waals surface area contributed by atoms with Gasteiger partial charge < -0.3 is 0 Å². The maximum atomic E-state index is 4.25. The predicted octanol–water partition coefficient (Wildman–Crippen LogP) is 4.59. The van der Waals surface area contributed by atoms with Gasteiger partial charge >= 0.3 is 107 Å². The predicted molar refractivity (Wildman–Crippen MR) is 77.5 cm³/mol. The molecule has 1 nitrogen and oxygen atoms in total. The Morgan fingerprint density at radius 2 is 1.07 bits per heavy atom. The van der Waals surface area contributed by atoms with Crippen molar-refractivity contribution in [2.45, 2.75) is 68.2 Å². The first-order valence-electron chi connectivity index (χ1n) is 6.46. The first-order valence-corrected chi connectivity index (χ1v) is 24.0. The summed E-state index contributed by atoms with van der Waals surface area (Å²) >= 11 is -3.89. The van der Waals surface area contributed by atoms with Gasteiger partial charge in [-0.3, -0.25) is 0 Å². The van der Waals surface area contributed by atoms with Crippen molar-refractivity contribution < 1.29 is 0 Å². The van der Waals surface area contributed by atoms with E-state index >= 15 is 0 Å². The van der Waals surface area contributed by atoms with Crippen LogP contribution in [0.15, 0.2) is 0 Å². The van der Waals surface area contributed by atoms with E-state index in [9.17, 15) is 0 Å².